The molecule has 0 aromatic heterocycles. The fourth-order valence-corrected chi connectivity index (χ4v) is 4.76. The van der Waals surface area contributed by atoms with Crippen molar-refractivity contribution in [2.75, 3.05) is 11.6 Å². The highest BCUT2D eigenvalue weighted by Gasteiger charge is 2.13. The molecule has 0 saturated heterocycles. The Balaban J connectivity index is 2.28. The molecule has 0 bridgehead atoms. The van der Waals surface area contributed by atoms with Crippen molar-refractivity contribution in [1.29, 1.82) is 0 Å². The van der Waals surface area contributed by atoms with E-state index in [2.05, 4.69) is 9.08 Å². The van der Waals surface area contributed by atoms with Crippen molar-refractivity contribution in [3.05, 3.63) is 54.1 Å². The van der Waals surface area contributed by atoms with Crippen molar-refractivity contribution in [2.45, 2.75) is 23.6 Å². The van der Waals surface area contributed by atoms with Gasteiger partial charge >= 0.3 is 0 Å². The molecule has 2 aromatic rings. The number of carbonyl (C=O) groups excluding carboxylic acids is 1. The third kappa shape index (κ3) is 4.74. The Kier molecular flexibility index (Phi) is 5.33. The lowest BCUT2D eigenvalue weighted by molar-refractivity contribution is -0.114. The van der Waals surface area contributed by atoms with Crippen LogP contribution in [0.4, 0.5) is 5.69 Å². The number of sulfonamides is 1. The molecule has 0 fully saturated rings. The first kappa shape index (κ1) is 17.4. The predicted octanol–water partition coefficient (Wildman–Crippen LogP) is 3.13. The third-order valence-electron chi connectivity index (χ3n) is 3.04. The smallest absolute Gasteiger partial charge is 0.288 e. The van der Waals surface area contributed by atoms with Crippen LogP contribution in [0, 0.1) is 6.92 Å². The summed E-state index contributed by atoms with van der Waals surface area (Å²) in [5, 5.41) is 2.59. The summed E-state index contributed by atoms with van der Waals surface area (Å²) in [6, 6.07) is 13.6. The maximum Gasteiger partial charge on any atom is 0.288 e. The maximum atomic E-state index is 12.4. The van der Waals surface area contributed by atoms with Gasteiger partial charge in [-0.1, -0.05) is 28.4 Å². The van der Waals surface area contributed by atoms with E-state index >= 15 is 0 Å². The molecular weight excluding hydrogens is 332 g/mol. The lowest BCUT2D eigenvalue weighted by Crippen LogP contribution is -2.06. The highest BCUT2D eigenvalue weighted by Crippen LogP contribution is 2.19. The van der Waals surface area contributed by atoms with E-state index in [4.69, 9.17) is 0 Å². The van der Waals surface area contributed by atoms with Gasteiger partial charge in [0, 0.05) is 17.5 Å². The molecule has 0 aliphatic heterocycles. The van der Waals surface area contributed by atoms with E-state index in [1.807, 2.05) is 31.2 Å². The van der Waals surface area contributed by atoms with Crippen molar-refractivity contribution in [3.63, 3.8) is 0 Å². The van der Waals surface area contributed by atoms with Crippen molar-refractivity contribution >= 4 is 32.3 Å². The van der Waals surface area contributed by atoms with Crippen molar-refractivity contribution in [3.8, 4) is 0 Å². The quantitative estimate of drug-likeness (QED) is 0.920. The summed E-state index contributed by atoms with van der Waals surface area (Å²) in [4.78, 5) is 12.0. The normalized spacial score (nSPS) is 12.8. The fraction of sp³-hybridized carbons (Fsp3) is 0.188. The number of nitrogens with zero attached hydrogens (tertiary/aromatic N) is 1. The number of benzene rings is 2. The summed E-state index contributed by atoms with van der Waals surface area (Å²) in [6.45, 7) is 3.37. The Labute approximate surface area is 138 Å². The largest absolute Gasteiger partial charge is 0.326 e. The lowest BCUT2D eigenvalue weighted by Gasteiger charge is -2.06. The minimum absolute atomic E-state index is 0.109. The SMILES string of the molecule is CC(=O)Nc1ccc(S(=O)(=O)N=[S@@](C)c2ccc(C)cc2)cc1. The number of amides is 1. The van der Waals surface area contributed by atoms with Crippen molar-refractivity contribution < 1.29 is 13.2 Å². The molecule has 0 heterocycles. The molecule has 0 spiro atoms. The molecule has 0 unspecified atom stereocenters. The first-order chi connectivity index (χ1) is 10.8. The number of carbonyl (C=O) groups is 1. The summed E-state index contributed by atoms with van der Waals surface area (Å²) < 4.78 is 28.7. The molecule has 7 heteroatoms. The second-order valence-corrected chi connectivity index (χ2v) is 8.49. The van der Waals surface area contributed by atoms with Gasteiger partial charge in [-0.05, 0) is 49.6 Å². The average molecular weight is 350 g/mol. The Morgan fingerprint density at radius 1 is 1.04 bits per heavy atom. The standard InChI is InChI=1S/C16H18N2O3S2/c1-12-4-8-15(9-5-12)22(3)18-23(20,21)16-10-6-14(7-11-16)17-13(2)19/h4-11H,1-3H3,(H,17,19)/t22-/m0/s1. The van der Waals surface area contributed by atoms with Gasteiger partial charge in [0.25, 0.3) is 10.0 Å². The molecule has 23 heavy (non-hydrogen) atoms. The van der Waals surface area contributed by atoms with Crippen LogP contribution in [-0.2, 0) is 25.5 Å². The van der Waals surface area contributed by atoms with E-state index in [1.54, 1.807) is 18.4 Å². The Morgan fingerprint density at radius 2 is 1.61 bits per heavy atom. The van der Waals surface area contributed by atoms with Crippen molar-refractivity contribution in [1.82, 2.24) is 0 Å². The van der Waals surface area contributed by atoms with Gasteiger partial charge in [0.05, 0.1) is 4.90 Å². The topological polar surface area (TPSA) is 75.6 Å². The Bertz CT molecular complexity index is 840. The van der Waals surface area contributed by atoms with Crippen molar-refractivity contribution in [2.24, 2.45) is 3.77 Å². The van der Waals surface area contributed by atoms with Crippen LogP contribution in [0.2, 0.25) is 0 Å². The summed E-state index contributed by atoms with van der Waals surface area (Å²) in [5.41, 5.74) is 1.66. The van der Waals surface area contributed by atoms with Crippen LogP contribution in [0.3, 0.4) is 0 Å². The molecule has 0 aliphatic carbocycles. The number of aryl methyl sites for hydroxylation is 1. The van der Waals surface area contributed by atoms with Gasteiger partial charge in [-0.25, -0.2) is 0 Å². The summed E-state index contributed by atoms with van der Waals surface area (Å²) in [7, 11) is -4.50. The van der Waals surface area contributed by atoms with Crippen LogP contribution in [0.15, 0.2) is 62.1 Å². The zero-order valence-electron chi connectivity index (χ0n) is 13.1. The Hall–Kier alpha value is -1.99. The molecule has 0 saturated carbocycles. The molecule has 122 valence electrons. The van der Waals surface area contributed by atoms with Gasteiger partial charge in [0.15, 0.2) is 0 Å². The minimum Gasteiger partial charge on any atom is -0.326 e. The monoisotopic (exact) mass is 350 g/mol. The average Bonchev–Trinajstić information content (AvgIpc) is 2.47. The van der Waals surface area contributed by atoms with Crippen LogP contribution in [0.5, 0.6) is 0 Å². The van der Waals surface area contributed by atoms with Gasteiger partial charge in [-0.2, -0.15) is 8.42 Å². The van der Waals surface area contributed by atoms with Gasteiger partial charge in [0.2, 0.25) is 5.91 Å². The number of hydrogen-bond acceptors (Lipinski definition) is 3. The number of anilines is 1. The first-order valence-electron chi connectivity index (χ1n) is 6.86. The maximum absolute atomic E-state index is 12.4. The van der Waals surface area contributed by atoms with Gasteiger partial charge in [-0.3, -0.25) is 4.79 Å². The van der Waals surface area contributed by atoms with Crippen LogP contribution < -0.4 is 5.32 Å². The van der Waals surface area contributed by atoms with Crippen LogP contribution in [0.25, 0.3) is 0 Å². The summed E-state index contributed by atoms with van der Waals surface area (Å²) in [6.07, 6.45) is 1.77. The number of nitrogens with one attached hydrogen (secondary N) is 1. The van der Waals surface area contributed by atoms with Crippen LogP contribution in [0.1, 0.15) is 12.5 Å². The Morgan fingerprint density at radius 3 is 2.13 bits per heavy atom. The fourth-order valence-electron chi connectivity index (χ4n) is 1.88. The summed E-state index contributed by atoms with van der Waals surface area (Å²) in [5.74, 6) is -0.209. The molecule has 0 radical (unpaired) electrons. The van der Waals surface area contributed by atoms with Crippen LogP contribution in [-0.4, -0.2) is 20.6 Å². The first-order valence-corrected chi connectivity index (χ1v) is 9.89. The van der Waals surface area contributed by atoms with Gasteiger partial charge in [0.1, 0.15) is 0 Å². The van der Waals surface area contributed by atoms with E-state index in [0.29, 0.717) is 5.69 Å². The van der Waals surface area contributed by atoms with Gasteiger partial charge < -0.3 is 5.32 Å². The molecule has 1 atom stereocenters. The predicted molar refractivity (Wildman–Crippen MR) is 93.1 cm³/mol. The zero-order valence-corrected chi connectivity index (χ0v) is 14.7. The van der Waals surface area contributed by atoms with Gasteiger partial charge in [-0.15, -0.1) is 3.77 Å². The molecule has 1 amide bonds. The van der Waals surface area contributed by atoms with Crippen LogP contribution >= 0.6 is 0 Å². The molecule has 5 nitrogen and oxygen atoms in total. The zero-order chi connectivity index (χ0) is 17.0. The second-order valence-electron chi connectivity index (χ2n) is 5.05. The molecule has 0 aliphatic rings. The van der Waals surface area contributed by atoms with E-state index in [9.17, 15) is 13.2 Å². The minimum atomic E-state index is -3.74. The molecule has 2 aromatic carbocycles. The van der Waals surface area contributed by atoms with E-state index in [0.717, 1.165) is 10.5 Å². The highest BCUT2D eigenvalue weighted by molar-refractivity contribution is 7.99. The second kappa shape index (κ2) is 7.06. The highest BCUT2D eigenvalue weighted by atomic mass is 32.3. The van der Waals surface area contributed by atoms with E-state index < -0.39 is 20.7 Å². The molecular formula is C16H18N2O3S2. The van der Waals surface area contributed by atoms with E-state index in [1.165, 1.54) is 19.1 Å². The summed E-state index contributed by atoms with van der Waals surface area (Å²) >= 11 is 0. The molecule has 2 rings (SSSR count). The number of rotatable bonds is 4. The lowest BCUT2D eigenvalue weighted by atomic mass is 10.2. The molecule has 1 N–H and O–H groups in total. The number of hydrogen-bond donors (Lipinski definition) is 1. The van der Waals surface area contributed by atoms with E-state index in [-0.39, 0.29) is 10.8 Å². The third-order valence-corrected chi connectivity index (χ3v) is 6.55.